The number of hydrogen-bond acceptors (Lipinski definition) is 4. The predicted molar refractivity (Wildman–Crippen MR) is 124 cm³/mol. The number of fused-ring (bicyclic) bond motifs is 2. The Labute approximate surface area is 184 Å². The Morgan fingerprint density at radius 1 is 1.19 bits per heavy atom. The van der Waals surface area contributed by atoms with Gasteiger partial charge in [-0.3, -0.25) is 14.0 Å². The third-order valence-corrected chi connectivity index (χ3v) is 5.85. The normalized spacial score (nSPS) is 13.8. The number of nitrogens with zero attached hydrogens (tertiary/aromatic N) is 3. The molecule has 7 heteroatoms. The summed E-state index contributed by atoms with van der Waals surface area (Å²) in [6.45, 7) is 6.06. The molecule has 2 aromatic heterocycles. The van der Waals surface area contributed by atoms with E-state index in [9.17, 15) is 14.7 Å². The SMILES string of the molecule is C=CC(=O)N1CC(c2nc3ccc(-c4cc(O)cc5ccccc45)cn3c2NC(C)=O)C1. The Bertz CT molecular complexity index is 1400. The first-order chi connectivity index (χ1) is 15.4. The summed E-state index contributed by atoms with van der Waals surface area (Å²) in [4.78, 5) is 30.3. The molecule has 0 atom stereocenters. The van der Waals surface area contributed by atoms with E-state index in [-0.39, 0.29) is 23.5 Å². The lowest BCUT2D eigenvalue weighted by atomic mass is 9.96. The second-order valence-corrected chi connectivity index (χ2v) is 8.03. The monoisotopic (exact) mass is 426 g/mol. The highest BCUT2D eigenvalue weighted by Crippen LogP contribution is 2.36. The molecular formula is C25H22N4O3. The highest BCUT2D eigenvalue weighted by Gasteiger charge is 2.34. The molecule has 2 aromatic carbocycles. The van der Waals surface area contributed by atoms with Crippen molar-refractivity contribution in [3.8, 4) is 16.9 Å². The van der Waals surface area contributed by atoms with Gasteiger partial charge in [0, 0.05) is 32.1 Å². The van der Waals surface area contributed by atoms with Crippen LogP contribution in [0.2, 0.25) is 0 Å². The van der Waals surface area contributed by atoms with Crippen LogP contribution in [0.4, 0.5) is 5.82 Å². The van der Waals surface area contributed by atoms with Crippen LogP contribution < -0.4 is 5.32 Å². The van der Waals surface area contributed by atoms with Crippen molar-refractivity contribution in [2.45, 2.75) is 12.8 Å². The number of phenolic OH excluding ortho intramolecular Hbond substituents is 1. The molecule has 3 heterocycles. The summed E-state index contributed by atoms with van der Waals surface area (Å²) in [5, 5.41) is 15.1. The van der Waals surface area contributed by atoms with E-state index < -0.39 is 0 Å². The number of hydrogen-bond donors (Lipinski definition) is 2. The van der Waals surface area contributed by atoms with Crippen LogP contribution >= 0.6 is 0 Å². The van der Waals surface area contributed by atoms with Crippen LogP contribution in [-0.4, -0.2) is 44.3 Å². The fraction of sp³-hybridized carbons (Fsp3) is 0.160. The number of phenols is 1. The minimum absolute atomic E-state index is 0.0331. The summed E-state index contributed by atoms with van der Waals surface area (Å²) in [7, 11) is 0. The van der Waals surface area contributed by atoms with Gasteiger partial charge >= 0.3 is 0 Å². The van der Waals surface area contributed by atoms with Crippen molar-refractivity contribution < 1.29 is 14.7 Å². The van der Waals surface area contributed by atoms with Gasteiger partial charge < -0.3 is 15.3 Å². The minimum Gasteiger partial charge on any atom is -0.508 e. The van der Waals surface area contributed by atoms with Crippen molar-refractivity contribution in [2.24, 2.45) is 0 Å². The molecule has 5 rings (SSSR count). The maximum Gasteiger partial charge on any atom is 0.245 e. The van der Waals surface area contributed by atoms with Gasteiger partial charge in [0.25, 0.3) is 0 Å². The molecule has 4 aromatic rings. The van der Waals surface area contributed by atoms with Gasteiger partial charge in [0.2, 0.25) is 11.8 Å². The Morgan fingerprint density at radius 2 is 1.97 bits per heavy atom. The highest BCUT2D eigenvalue weighted by atomic mass is 16.3. The van der Waals surface area contributed by atoms with Crippen molar-refractivity contribution >= 4 is 34.1 Å². The summed E-state index contributed by atoms with van der Waals surface area (Å²) in [5.41, 5.74) is 3.23. The number of carbonyl (C=O) groups is 2. The summed E-state index contributed by atoms with van der Waals surface area (Å²) in [6, 6.07) is 15.2. The number of likely N-dealkylation sites (tertiary alicyclic amines) is 1. The maximum absolute atomic E-state index is 12.0. The van der Waals surface area contributed by atoms with Crippen molar-refractivity contribution in [2.75, 3.05) is 18.4 Å². The smallest absolute Gasteiger partial charge is 0.245 e. The predicted octanol–water partition coefficient (Wildman–Crippen LogP) is 3.93. The molecule has 1 saturated heterocycles. The molecule has 2 N–H and O–H groups in total. The molecule has 7 nitrogen and oxygen atoms in total. The number of pyridine rings is 1. The van der Waals surface area contributed by atoms with Crippen LogP contribution in [0.5, 0.6) is 5.75 Å². The molecule has 2 amide bonds. The first kappa shape index (κ1) is 19.8. The van der Waals surface area contributed by atoms with Crippen LogP contribution in [0.1, 0.15) is 18.5 Å². The van der Waals surface area contributed by atoms with Gasteiger partial charge in [-0.15, -0.1) is 0 Å². The third kappa shape index (κ3) is 3.28. The molecule has 32 heavy (non-hydrogen) atoms. The number of benzene rings is 2. The quantitative estimate of drug-likeness (QED) is 0.484. The van der Waals surface area contributed by atoms with Crippen molar-refractivity contribution in [3.63, 3.8) is 0 Å². The average Bonchev–Trinajstić information content (AvgIpc) is 3.08. The number of aromatic nitrogens is 2. The molecule has 0 aliphatic carbocycles. The van der Waals surface area contributed by atoms with E-state index in [1.165, 1.54) is 13.0 Å². The van der Waals surface area contributed by atoms with Crippen molar-refractivity contribution in [1.29, 1.82) is 0 Å². The van der Waals surface area contributed by atoms with Crippen LogP contribution in [0.3, 0.4) is 0 Å². The van der Waals surface area contributed by atoms with Gasteiger partial charge in [-0.05, 0) is 52.2 Å². The number of carbonyl (C=O) groups excluding carboxylic acids is 2. The second-order valence-electron chi connectivity index (χ2n) is 8.03. The largest absolute Gasteiger partial charge is 0.508 e. The van der Waals surface area contributed by atoms with E-state index in [2.05, 4.69) is 11.9 Å². The van der Waals surface area contributed by atoms with Gasteiger partial charge in [-0.25, -0.2) is 4.98 Å². The number of amides is 2. The lowest BCUT2D eigenvalue weighted by Crippen LogP contribution is -2.48. The molecule has 160 valence electrons. The van der Waals surface area contributed by atoms with E-state index in [4.69, 9.17) is 4.98 Å². The van der Waals surface area contributed by atoms with E-state index in [0.29, 0.717) is 24.6 Å². The highest BCUT2D eigenvalue weighted by molar-refractivity contribution is 5.98. The number of nitrogens with one attached hydrogen (secondary N) is 1. The van der Waals surface area contributed by atoms with Crippen LogP contribution in [-0.2, 0) is 9.59 Å². The van der Waals surface area contributed by atoms with Gasteiger partial charge in [0.15, 0.2) is 0 Å². The summed E-state index contributed by atoms with van der Waals surface area (Å²) in [5.74, 6) is 0.526. The molecule has 0 radical (unpaired) electrons. The molecule has 0 spiro atoms. The fourth-order valence-corrected chi connectivity index (χ4v) is 4.29. The Hall–Kier alpha value is -4.13. The lowest BCUT2D eigenvalue weighted by Gasteiger charge is -2.38. The molecule has 1 fully saturated rings. The van der Waals surface area contributed by atoms with Crippen molar-refractivity contribution in [1.82, 2.24) is 14.3 Å². The van der Waals surface area contributed by atoms with E-state index in [0.717, 1.165) is 27.6 Å². The van der Waals surface area contributed by atoms with Gasteiger partial charge in [-0.2, -0.15) is 0 Å². The van der Waals surface area contributed by atoms with E-state index >= 15 is 0 Å². The average molecular weight is 426 g/mol. The molecular weight excluding hydrogens is 404 g/mol. The number of aromatic hydroxyl groups is 1. The second kappa shape index (κ2) is 7.53. The van der Waals surface area contributed by atoms with E-state index in [1.807, 2.05) is 47.0 Å². The fourth-order valence-electron chi connectivity index (χ4n) is 4.29. The maximum atomic E-state index is 12.0. The Balaban J connectivity index is 1.62. The van der Waals surface area contributed by atoms with Gasteiger partial charge in [-0.1, -0.05) is 30.8 Å². The molecule has 0 bridgehead atoms. The number of imidazole rings is 1. The molecule has 1 aliphatic heterocycles. The molecule has 0 saturated carbocycles. The number of rotatable bonds is 4. The summed E-state index contributed by atoms with van der Waals surface area (Å²) in [6.07, 6.45) is 3.23. The zero-order valence-corrected chi connectivity index (χ0v) is 17.6. The summed E-state index contributed by atoms with van der Waals surface area (Å²) < 4.78 is 1.86. The third-order valence-electron chi connectivity index (χ3n) is 5.85. The van der Waals surface area contributed by atoms with Crippen LogP contribution in [0.25, 0.3) is 27.5 Å². The standard InChI is InChI=1S/C25H22N4O3/c1-3-23(32)28-12-18(13-28)24-25(26-15(2)30)29-14-17(8-9-22(29)27-24)21-11-19(31)10-16-6-4-5-7-20(16)21/h3-11,14,18,31H,1,12-13H2,2H3,(H,26,30). The first-order valence-electron chi connectivity index (χ1n) is 10.4. The molecule has 1 aliphatic rings. The minimum atomic E-state index is -0.195. The zero-order valence-electron chi connectivity index (χ0n) is 17.6. The van der Waals surface area contributed by atoms with Gasteiger partial charge in [0.1, 0.15) is 17.2 Å². The van der Waals surface area contributed by atoms with Crippen molar-refractivity contribution in [3.05, 3.63) is 73.1 Å². The lowest BCUT2D eigenvalue weighted by molar-refractivity contribution is -0.130. The Morgan fingerprint density at radius 3 is 2.72 bits per heavy atom. The van der Waals surface area contributed by atoms with E-state index in [1.54, 1.807) is 17.0 Å². The molecule has 0 unspecified atom stereocenters. The summed E-state index contributed by atoms with van der Waals surface area (Å²) >= 11 is 0. The topological polar surface area (TPSA) is 86.9 Å². The van der Waals surface area contributed by atoms with Gasteiger partial charge in [0.05, 0.1) is 5.69 Å². The van der Waals surface area contributed by atoms with Crippen LogP contribution in [0.15, 0.2) is 67.4 Å². The van der Waals surface area contributed by atoms with Crippen LogP contribution in [0, 0.1) is 0 Å². The zero-order chi connectivity index (χ0) is 22.4. The Kier molecular flexibility index (Phi) is 4.66. The first-order valence-corrected chi connectivity index (χ1v) is 10.4. The number of anilines is 1.